The number of rotatable bonds is 6. The molecule has 1 aromatic carbocycles. The Balaban J connectivity index is 3.27. The van der Waals surface area contributed by atoms with Gasteiger partial charge in [0.05, 0.1) is 10.5 Å². The van der Waals surface area contributed by atoms with Crippen molar-refractivity contribution in [3.05, 3.63) is 29.8 Å². The van der Waals surface area contributed by atoms with Crippen LogP contribution in [0.3, 0.4) is 0 Å². The first-order chi connectivity index (χ1) is 9.56. The fourth-order valence-corrected chi connectivity index (χ4v) is 4.43. The molecule has 0 aliphatic heterocycles. The van der Waals surface area contributed by atoms with Crippen molar-refractivity contribution in [1.29, 1.82) is 0 Å². The van der Waals surface area contributed by atoms with Crippen LogP contribution in [0.1, 0.15) is 32.3 Å². The van der Waals surface area contributed by atoms with E-state index < -0.39 is 32.2 Å². The predicted octanol–water partition coefficient (Wildman–Crippen LogP) is 3.94. The van der Waals surface area contributed by atoms with E-state index in [9.17, 15) is 21.6 Å². The Bertz CT molecular complexity index is 589. The van der Waals surface area contributed by atoms with E-state index >= 15 is 0 Å². The van der Waals surface area contributed by atoms with Crippen molar-refractivity contribution < 1.29 is 21.6 Å². The zero-order valence-electron chi connectivity index (χ0n) is 11.7. The lowest BCUT2D eigenvalue weighted by molar-refractivity contribution is -0.139. The van der Waals surface area contributed by atoms with E-state index in [1.54, 1.807) is 13.8 Å². The molecule has 120 valence electrons. The molecule has 1 N–H and O–H groups in total. The topological polar surface area (TPSA) is 46.2 Å². The normalized spacial score (nSPS) is 15.7. The van der Waals surface area contributed by atoms with E-state index in [4.69, 9.17) is 0 Å². The highest BCUT2D eigenvalue weighted by molar-refractivity contribution is 9.09. The van der Waals surface area contributed by atoms with Gasteiger partial charge in [-0.3, -0.25) is 0 Å². The van der Waals surface area contributed by atoms with Gasteiger partial charge in [0.1, 0.15) is 0 Å². The van der Waals surface area contributed by atoms with E-state index in [1.807, 2.05) is 0 Å². The van der Waals surface area contributed by atoms with E-state index in [0.717, 1.165) is 12.1 Å². The van der Waals surface area contributed by atoms with E-state index in [-0.39, 0.29) is 0 Å². The Morgan fingerprint density at radius 2 is 1.81 bits per heavy atom. The Labute approximate surface area is 131 Å². The summed E-state index contributed by atoms with van der Waals surface area (Å²) < 4.78 is 65.9. The predicted molar refractivity (Wildman–Crippen MR) is 78.9 cm³/mol. The molecular formula is C13H17BrF3NO2S. The number of hydrogen-bond donors (Lipinski definition) is 1. The van der Waals surface area contributed by atoms with Crippen molar-refractivity contribution in [2.24, 2.45) is 0 Å². The van der Waals surface area contributed by atoms with Gasteiger partial charge in [0, 0.05) is 10.9 Å². The molecule has 0 saturated carbocycles. The second kappa shape index (κ2) is 6.66. The largest absolute Gasteiger partial charge is 0.417 e. The maximum Gasteiger partial charge on any atom is 0.417 e. The third kappa shape index (κ3) is 4.69. The van der Waals surface area contributed by atoms with Crippen LogP contribution in [-0.2, 0) is 16.2 Å². The van der Waals surface area contributed by atoms with Gasteiger partial charge in [-0.05, 0) is 31.9 Å². The van der Waals surface area contributed by atoms with Gasteiger partial charge in [-0.25, -0.2) is 13.1 Å². The Hall–Kier alpha value is -0.600. The molecule has 1 unspecified atom stereocenters. The van der Waals surface area contributed by atoms with Crippen molar-refractivity contribution in [3.8, 4) is 0 Å². The van der Waals surface area contributed by atoms with Crippen LogP contribution in [0.4, 0.5) is 13.2 Å². The maximum absolute atomic E-state index is 12.9. The smallest absolute Gasteiger partial charge is 0.207 e. The van der Waals surface area contributed by atoms with Gasteiger partial charge in [-0.15, -0.1) is 0 Å². The summed E-state index contributed by atoms with van der Waals surface area (Å²) in [5.74, 6) is 0. The van der Waals surface area contributed by atoms with Gasteiger partial charge < -0.3 is 0 Å². The van der Waals surface area contributed by atoms with Crippen LogP contribution < -0.4 is 4.72 Å². The molecule has 0 heterocycles. The molecule has 3 nitrogen and oxygen atoms in total. The van der Waals surface area contributed by atoms with Crippen LogP contribution in [-0.4, -0.2) is 19.3 Å². The molecule has 8 heteroatoms. The molecule has 1 aromatic rings. The van der Waals surface area contributed by atoms with Crippen molar-refractivity contribution in [2.45, 2.75) is 43.3 Å². The van der Waals surface area contributed by atoms with Crippen molar-refractivity contribution in [1.82, 2.24) is 4.72 Å². The molecular weight excluding hydrogens is 371 g/mol. The van der Waals surface area contributed by atoms with Crippen LogP contribution in [0.15, 0.2) is 29.2 Å². The molecule has 0 saturated heterocycles. The third-order valence-electron chi connectivity index (χ3n) is 3.29. The molecule has 0 aliphatic rings. The standard InChI is InChI=1S/C13H17BrF3NO2S/c1-3-12(2,8-9-14)18-21(19,20)11-7-5-4-6-10(11)13(15,16)17/h4-7,18H,3,8-9H2,1-2H3. The molecule has 21 heavy (non-hydrogen) atoms. The molecule has 0 radical (unpaired) electrons. The Morgan fingerprint density at radius 3 is 2.29 bits per heavy atom. The zero-order valence-corrected chi connectivity index (χ0v) is 14.1. The van der Waals surface area contributed by atoms with Crippen molar-refractivity contribution in [3.63, 3.8) is 0 Å². The zero-order chi connectivity index (χ0) is 16.3. The molecule has 0 aliphatic carbocycles. The number of hydrogen-bond acceptors (Lipinski definition) is 2. The van der Waals surface area contributed by atoms with Gasteiger partial charge in [-0.1, -0.05) is 35.0 Å². The minimum atomic E-state index is -4.72. The lowest BCUT2D eigenvalue weighted by Gasteiger charge is -2.29. The second-order valence-electron chi connectivity index (χ2n) is 4.95. The van der Waals surface area contributed by atoms with Crippen LogP contribution in [0.5, 0.6) is 0 Å². The SMILES string of the molecule is CCC(C)(CCBr)NS(=O)(=O)c1ccccc1C(F)(F)F. The van der Waals surface area contributed by atoms with Crippen LogP contribution in [0.25, 0.3) is 0 Å². The van der Waals surface area contributed by atoms with Gasteiger partial charge in [0.25, 0.3) is 0 Å². The van der Waals surface area contributed by atoms with Crippen molar-refractivity contribution >= 4 is 26.0 Å². The van der Waals surface area contributed by atoms with E-state index in [1.165, 1.54) is 12.1 Å². The molecule has 1 atom stereocenters. The lowest BCUT2D eigenvalue weighted by Crippen LogP contribution is -2.46. The quantitative estimate of drug-likeness (QED) is 0.751. The van der Waals surface area contributed by atoms with Gasteiger partial charge >= 0.3 is 6.18 Å². The van der Waals surface area contributed by atoms with Crippen LogP contribution >= 0.6 is 15.9 Å². The first-order valence-corrected chi connectivity index (χ1v) is 8.92. The number of sulfonamides is 1. The summed E-state index contributed by atoms with van der Waals surface area (Å²) in [4.78, 5) is -0.744. The molecule has 1 rings (SSSR count). The summed E-state index contributed by atoms with van der Waals surface area (Å²) in [6.07, 6.45) is -3.79. The first-order valence-electron chi connectivity index (χ1n) is 6.32. The summed E-state index contributed by atoms with van der Waals surface area (Å²) >= 11 is 3.22. The Kier molecular flexibility index (Phi) is 5.85. The number of halogens is 4. The average molecular weight is 388 g/mol. The highest BCUT2D eigenvalue weighted by atomic mass is 79.9. The summed E-state index contributed by atoms with van der Waals surface area (Å²) in [5.41, 5.74) is -1.96. The molecule has 0 fully saturated rings. The Morgan fingerprint density at radius 1 is 1.24 bits per heavy atom. The number of benzene rings is 1. The molecule has 0 amide bonds. The van der Waals surface area contributed by atoms with Gasteiger partial charge in [0.15, 0.2) is 0 Å². The van der Waals surface area contributed by atoms with Crippen molar-refractivity contribution in [2.75, 3.05) is 5.33 Å². The average Bonchev–Trinajstić information content (AvgIpc) is 2.37. The molecule has 0 spiro atoms. The highest BCUT2D eigenvalue weighted by Crippen LogP contribution is 2.34. The summed E-state index contributed by atoms with van der Waals surface area (Å²) in [7, 11) is -4.26. The van der Waals surface area contributed by atoms with E-state index in [2.05, 4.69) is 20.7 Å². The minimum absolute atomic E-state index is 0.464. The highest BCUT2D eigenvalue weighted by Gasteiger charge is 2.38. The third-order valence-corrected chi connectivity index (χ3v) is 5.38. The monoisotopic (exact) mass is 387 g/mol. The lowest BCUT2D eigenvalue weighted by atomic mass is 9.98. The fourth-order valence-electron chi connectivity index (χ4n) is 1.82. The first kappa shape index (κ1) is 18.4. The summed E-state index contributed by atoms with van der Waals surface area (Å²) in [5, 5.41) is 0.542. The summed E-state index contributed by atoms with van der Waals surface area (Å²) in [6, 6.07) is 4.18. The van der Waals surface area contributed by atoms with Gasteiger partial charge in [-0.2, -0.15) is 13.2 Å². The molecule has 0 bridgehead atoms. The van der Waals surface area contributed by atoms with Crippen LogP contribution in [0.2, 0.25) is 0 Å². The summed E-state index contributed by atoms with van der Waals surface area (Å²) in [6.45, 7) is 3.45. The second-order valence-corrected chi connectivity index (χ2v) is 7.40. The fraction of sp³-hybridized carbons (Fsp3) is 0.538. The minimum Gasteiger partial charge on any atom is -0.207 e. The van der Waals surface area contributed by atoms with E-state index in [0.29, 0.717) is 18.2 Å². The number of nitrogens with one attached hydrogen (secondary N) is 1. The van der Waals surface area contributed by atoms with Gasteiger partial charge in [0.2, 0.25) is 10.0 Å². The maximum atomic E-state index is 12.9. The number of alkyl halides is 4. The molecule has 0 aromatic heterocycles. The van der Waals surface area contributed by atoms with Crippen LogP contribution in [0, 0.1) is 0 Å².